The number of fused-ring (bicyclic) bond motifs is 1. The Hall–Kier alpha value is -2.86. The van der Waals surface area contributed by atoms with E-state index in [1.165, 1.54) is 11.8 Å². The van der Waals surface area contributed by atoms with Crippen LogP contribution in [0.3, 0.4) is 0 Å². The van der Waals surface area contributed by atoms with Gasteiger partial charge in [0.1, 0.15) is 0 Å². The normalized spacial score (nSPS) is 13.0. The average molecular weight is 334 g/mol. The number of anilines is 1. The maximum Gasteiger partial charge on any atom is 0.266 e. The number of nitrogen functional groups attached to an aromatic ring is 1. The summed E-state index contributed by atoms with van der Waals surface area (Å²) in [5.74, 6) is 0. The largest absolute Gasteiger partial charge is 0.397 e. The van der Waals surface area contributed by atoms with E-state index < -0.39 is 0 Å². The Bertz CT molecular complexity index is 1070. The molecule has 1 aromatic carbocycles. The Kier molecular flexibility index (Phi) is 3.46. The number of hydrogen-bond acceptors (Lipinski definition) is 5. The summed E-state index contributed by atoms with van der Waals surface area (Å²) in [5, 5.41) is 1.28. The Balaban J connectivity index is 2.14. The first-order chi connectivity index (χ1) is 11.7. The molecule has 1 aliphatic carbocycles. The van der Waals surface area contributed by atoms with Gasteiger partial charge in [0, 0.05) is 6.20 Å². The molecule has 0 spiro atoms. The van der Waals surface area contributed by atoms with Crippen LogP contribution in [0, 0.1) is 0 Å². The van der Waals surface area contributed by atoms with Gasteiger partial charge < -0.3 is 5.73 Å². The van der Waals surface area contributed by atoms with E-state index in [-0.39, 0.29) is 5.56 Å². The topological polar surface area (TPSA) is 73.8 Å². The molecule has 0 saturated heterocycles. The maximum atomic E-state index is 13.2. The summed E-state index contributed by atoms with van der Waals surface area (Å²) in [7, 11) is 0. The summed E-state index contributed by atoms with van der Waals surface area (Å²) in [4.78, 5) is 22.0. The zero-order chi connectivity index (χ0) is 16.7. The molecule has 3 aromatic rings. The first-order valence-corrected chi connectivity index (χ1v) is 8.62. The third kappa shape index (κ3) is 2.15. The molecular weight excluding hydrogens is 320 g/mol. The molecule has 5 nitrogen and oxygen atoms in total. The number of benzene rings is 1. The fourth-order valence-corrected chi connectivity index (χ4v) is 3.06. The summed E-state index contributed by atoms with van der Waals surface area (Å²) in [6, 6.07) is 9.44. The van der Waals surface area contributed by atoms with Crippen LogP contribution in [0.5, 0.6) is 0 Å². The van der Waals surface area contributed by atoms with Crippen molar-refractivity contribution in [3.8, 4) is 11.1 Å². The molecule has 4 rings (SSSR count). The molecule has 0 radical (unpaired) electrons. The number of pyridine rings is 1. The van der Waals surface area contributed by atoms with Crippen molar-refractivity contribution in [3.63, 3.8) is 0 Å². The van der Waals surface area contributed by atoms with Crippen molar-refractivity contribution in [1.82, 2.24) is 14.5 Å². The average Bonchev–Trinajstić information content (AvgIpc) is 2.57. The summed E-state index contributed by atoms with van der Waals surface area (Å²) in [6.45, 7) is 0. The van der Waals surface area contributed by atoms with Crippen molar-refractivity contribution < 1.29 is 0 Å². The molecule has 2 N–H and O–H groups in total. The van der Waals surface area contributed by atoms with Crippen molar-refractivity contribution >= 4 is 34.2 Å². The van der Waals surface area contributed by atoms with Crippen molar-refractivity contribution in [2.75, 3.05) is 12.0 Å². The monoisotopic (exact) mass is 334 g/mol. The van der Waals surface area contributed by atoms with Gasteiger partial charge in [0.25, 0.3) is 5.56 Å². The van der Waals surface area contributed by atoms with Crippen molar-refractivity contribution in [2.45, 2.75) is 5.16 Å². The van der Waals surface area contributed by atoms with Crippen molar-refractivity contribution in [3.05, 3.63) is 65.1 Å². The number of hydrogen-bond donors (Lipinski definition) is 1. The Labute approximate surface area is 142 Å². The van der Waals surface area contributed by atoms with E-state index in [0.717, 1.165) is 11.3 Å². The molecule has 0 amide bonds. The van der Waals surface area contributed by atoms with Gasteiger partial charge in [-0.25, -0.2) is 9.97 Å². The highest BCUT2D eigenvalue weighted by Crippen LogP contribution is 2.31. The second kappa shape index (κ2) is 5.65. The lowest BCUT2D eigenvalue weighted by Crippen LogP contribution is -2.24. The van der Waals surface area contributed by atoms with E-state index in [1.807, 2.05) is 54.8 Å². The number of rotatable bonds is 3. The number of aromatic nitrogens is 3. The number of allylic oxidation sites excluding steroid dienone is 4. The van der Waals surface area contributed by atoms with Crippen LogP contribution in [-0.2, 0) is 0 Å². The van der Waals surface area contributed by atoms with E-state index >= 15 is 0 Å². The van der Waals surface area contributed by atoms with E-state index in [4.69, 9.17) is 5.73 Å². The summed E-state index contributed by atoms with van der Waals surface area (Å²) >= 11 is 1.43. The molecular formula is C18H14N4OS. The molecule has 0 fully saturated rings. The Morgan fingerprint density at radius 2 is 1.96 bits per heavy atom. The van der Waals surface area contributed by atoms with E-state index in [2.05, 4.69) is 9.97 Å². The Morgan fingerprint density at radius 1 is 1.21 bits per heavy atom. The fraction of sp³-hybridized carbons (Fsp3) is 0.0556. The highest BCUT2D eigenvalue weighted by Gasteiger charge is 2.20. The van der Waals surface area contributed by atoms with Crippen molar-refractivity contribution in [2.24, 2.45) is 0 Å². The van der Waals surface area contributed by atoms with Gasteiger partial charge in [0.05, 0.1) is 22.3 Å². The summed E-state index contributed by atoms with van der Waals surface area (Å²) < 4.78 is 1.61. The van der Waals surface area contributed by atoms with Crippen LogP contribution in [0.2, 0.25) is 0 Å². The minimum atomic E-state index is -0.174. The molecule has 0 atom stereocenters. The van der Waals surface area contributed by atoms with Gasteiger partial charge in [-0.3, -0.25) is 9.36 Å². The number of thioether (sulfide) groups is 1. The molecule has 2 aromatic heterocycles. The third-order valence-corrected chi connectivity index (χ3v) is 4.53. The predicted molar refractivity (Wildman–Crippen MR) is 98.8 cm³/mol. The van der Waals surface area contributed by atoms with E-state index in [1.54, 1.807) is 10.8 Å². The Morgan fingerprint density at radius 3 is 2.58 bits per heavy atom. The molecule has 118 valence electrons. The van der Waals surface area contributed by atoms with Crippen LogP contribution in [0.1, 0.15) is 0 Å². The summed E-state index contributed by atoms with van der Waals surface area (Å²) in [5.41, 5.74) is 9.17. The zero-order valence-corrected chi connectivity index (χ0v) is 13.7. The molecule has 0 aliphatic heterocycles. The summed E-state index contributed by atoms with van der Waals surface area (Å²) in [6.07, 6.45) is 9.24. The van der Waals surface area contributed by atoms with Crippen LogP contribution >= 0.6 is 11.8 Å². The molecule has 6 heteroatoms. The SMILES string of the molecule is CSc1ncc2c(N)c(-c3ccccc3)c(=O)n(C3=CC=C3)c2n1. The van der Waals surface area contributed by atoms with Crippen LogP contribution in [0.15, 0.2) is 64.7 Å². The zero-order valence-electron chi connectivity index (χ0n) is 12.9. The molecule has 0 bridgehead atoms. The molecule has 0 unspecified atom stereocenters. The first kappa shape index (κ1) is 14.7. The maximum absolute atomic E-state index is 13.2. The van der Waals surface area contributed by atoms with Gasteiger partial charge in [-0.15, -0.1) is 0 Å². The van der Waals surface area contributed by atoms with Crippen LogP contribution < -0.4 is 11.3 Å². The van der Waals surface area contributed by atoms with Gasteiger partial charge in [-0.1, -0.05) is 48.2 Å². The number of nitrogens with zero attached hydrogens (tertiary/aromatic N) is 3. The predicted octanol–water partition coefficient (Wildman–Crippen LogP) is 3.17. The first-order valence-electron chi connectivity index (χ1n) is 7.40. The minimum absolute atomic E-state index is 0.174. The highest BCUT2D eigenvalue weighted by molar-refractivity contribution is 7.98. The quantitative estimate of drug-likeness (QED) is 0.588. The molecule has 0 saturated carbocycles. The molecule has 1 aliphatic rings. The van der Waals surface area contributed by atoms with Crippen LogP contribution in [-0.4, -0.2) is 20.8 Å². The third-order valence-electron chi connectivity index (χ3n) is 3.97. The van der Waals surface area contributed by atoms with E-state index in [9.17, 15) is 4.79 Å². The lowest BCUT2D eigenvalue weighted by atomic mass is 10.0. The van der Waals surface area contributed by atoms with Gasteiger partial charge >= 0.3 is 0 Å². The second-order valence-electron chi connectivity index (χ2n) is 5.34. The van der Waals surface area contributed by atoms with Crippen LogP contribution in [0.25, 0.3) is 27.9 Å². The minimum Gasteiger partial charge on any atom is -0.397 e. The van der Waals surface area contributed by atoms with Gasteiger partial charge in [-0.2, -0.15) is 0 Å². The van der Waals surface area contributed by atoms with E-state index in [0.29, 0.717) is 27.4 Å². The molecule has 24 heavy (non-hydrogen) atoms. The van der Waals surface area contributed by atoms with Crippen LogP contribution in [0.4, 0.5) is 5.69 Å². The fourth-order valence-electron chi connectivity index (χ4n) is 2.73. The smallest absolute Gasteiger partial charge is 0.266 e. The second-order valence-corrected chi connectivity index (χ2v) is 6.11. The van der Waals surface area contributed by atoms with Gasteiger partial charge in [0.2, 0.25) is 0 Å². The number of nitrogens with two attached hydrogens (primary N) is 1. The van der Waals surface area contributed by atoms with Gasteiger partial charge in [0.15, 0.2) is 10.8 Å². The molecule has 2 heterocycles. The highest BCUT2D eigenvalue weighted by atomic mass is 32.2. The van der Waals surface area contributed by atoms with Gasteiger partial charge in [-0.05, 0) is 24.0 Å². The lowest BCUT2D eigenvalue weighted by molar-refractivity contribution is 0.951. The lowest BCUT2D eigenvalue weighted by Gasteiger charge is -2.18. The van der Waals surface area contributed by atoms with Crippen molar-refractivity contribution in [1.29, 1.82) is 0 Å². The standard InChI is InChI=1S/C18H14N4OS/c1-24-18-20-10-13-15(19)14(11-6-3-2-4-7-11)17(23)22(16(13)21-18)12-8-5-9-12/h2-10H,19H2,1H3.